The van der Waals surface area contributed by atoms with Crippen LogP contribution >= 0.6 is 23.2 Å². The Bertz CT molecular complexity index is 795. The van der Waals surface area contributed by atoms with Gasteiger partial charge in [-0.3, -0.25) is 4.57 Å². The maximum absolute atomic E-state index is 14.2. The van der Waals surface area contributed by atoms with Gasteiger partial charge in [-0.15, -0.1) is 11.6 Å². The Hall–Kier alpha value is -1.65. The average molecular weight is 327 g/mol. The summed E-state index contributed by atoms with van der Waals surface area (Å²) < 4.78 is 29.6. The van der Waals surface area contributed by atoms with Crippen LogP contribution in [0.4, 0.5) is 8.78 Å². The number of imidazole rings is 1. The molecule has 2 nitrogen and oxygen atoms in total. The van der Waals surface area contributed by atoms with E-state index in [2.05, 4.69) is 4.98 Å². The summed E-state index contributed by atoms with van der Waals surface area (Å²) in [5.74, 6) is -0.203. The van der Waals surface area contributed by atoms with Gasteiger partial charge in [-0.2, -0.15) is 0 Å². The third kappa shape index (κ3) is 2.39. The fraction of sp³-hybridized carbons (Fsp3) is 0.133. The number of fused-ring (bicyclic) bond motifs is 1. The van der Waals surface area contributed by atoms with Crippen molar-refractivity contribution in [2.45, 2.75) is 6.42 Å². The minimum Gasteiger partial charge on any atom is -0.292 e. The van der Waals surface area contributed by atoms with Crippen LogP contribution in [0.2, 0.25) is 5.02 Å². The van der Waals surface area contributed by atoms with Crippen LogP contribution in [-0.4, -0.2) is 15.4 Å². The van der Waals surface area contributed by atoms with Crippen LogP contribution in [0.1, 0.15) is 5.82 Å². The first-order chi connectivity index (χ1) is 10.1. The van der Waals surface area contributed by atoms with Crippen molar-refractivity contribution in [2.75, 3.05) is 5.88 Å². The summed E-state index contributed by atoms with van der Waals surface area (Å²) >= 11 is 11.9. The monoisotopic (exact) mass is 326 g/mol. The molecule has 0 atom stereocenters. The van der Waals surface area contributed by atoms with Crippen LogP contribution in [0.5, 0.6) is 0 Å². The Balaban J connectivity index is 2.40. The molecule has 0 aliphatic carbocycles. The molecule has 2 aromatic carbocycles. The van der Waals surface area contributed by atoms with Crippen LogP contribution in [0.25, 0.3) is 16.7 Å². The molecule has 0 bridgehead atoms. The molecular weight excluding hydrogens is 317 g/mol. The van der Waals surface area contributed by atoms with Crippen LogP contribution < -0.4 is 0 Å². The quantitative estimate of drug-likeness (QED) is 0.636. The van der Waals surface area contributed by atoms with E-state index in [-0.39, 0.29) is 22.1 Å². The predicted molar refractivity (Wildman–Crippen MR) is 80.4 cm³/mol. The summed E-state index contributed by atoms with van der Waals surface area (Å²) in [7, 11) is 0. The lowest BCUT2D eigenvalue weighted by Gasteiger charge is -2.11. The normalized spacial score (nSPS) is 11.2. The fourth-order valence-corrected chi connectivity index (χ4v) is 2.73. The first kappa shape index (κ1) is 14.3. The molecule has 3 rings (SSSR count). The van der Waals surface area contributed by atoms with Gasteiger partial charge in [-0.25, -0.2) is 13.8 Å². The number of hydrogen-bond donors (Lipinski definition) is 0. The smallest absolute Gasteiger partial charge is 0.151 e. The van der Waals surface area contributed by atoms with E-state index in [0.29, 0.717) is 17.8 Å². The Morgan fingerprint density at radius 2 is 1.76 bits per heavy atom. The molecule has 0 radical (unpaired) electrons. The standard InChI is InChI=1S/C15H10Cl2F2N2/c16-8-7-13-20-14-10(18)4-2-6-12(14)21(13)15-9(17)3-1-5-11(15)19/h1-6H,7-8H2. The number of halogens is 4. The van der Waals surface area contributed by atoms with Gasteiger partial charge >= 0.3 is 0 Å². The summed E-state index contributed by atoms with van der Waals surface area (Å²) in [6.45, 7) is 0. The third-order valence-electron chi connectivity index (χ3n) is 3.18. The van der Waals surface area contributed by atoms with Crippen molar-refractivity contribution in [2.24, 2.45) is 0 Å². The molecule has 0 N–H and O–H groups in total. The molecule has 0 aliphatic rings. The summed E-state index contributed by atoms with van der Waals surface area (Å²) in [6, 6.07) is 8.93. The number of aromatic nitrogens is 2. The highest BCUT2D eigenvalue weighted by molar-refractivity contribution is 6.32. The first-order valence-electron chi connectivity index (χ1n) is 6.29. The fourth-order valence-electron chi connectivity index (χ4n) is 2.32. The van der Waals surface area contributed by atoms with Crippen LogP contribution in [0.15, 0.2) is 36.4 Å². The zero-order chi connectivity index (χ0) is 15.0. The van der Waals surface area contributed by atoms with Gasteiger partial charge in [0.2, 0.25) is 0 Å². The van der Waals surface area contributed by atoms with Crippen molar-refractivity contribution in [3.05, 3.63) is 58.9 Å². The van der Waals surface area contributed by atoms with E-state index >= 15 is 0 Å². The molecule has 0 unspecified atom stereocenters. The highest BCUT2D eigenvalue weighted by Gasteiger charge is 2.19. The van der Waals surface area contributed by atoms with E-state index in [4.69, 9.17) is 23.2 Å². The summed E-state index contributed by atoms with van der Waals surface area (Å²) in [5.41, 5.74) is 0.798. The molecular formula is C15H10Cl2F2N2. The van der Waals surface area contributed by atoms with Crippen molar-refractivity contribution < 1.29 is 8.78 Å². The van der Waals surface area contributed by atoms with E-state index in [1.165, 1.54) is 22.8 Å². The highest BCUT2D eigenvalue weighted by Crippen LogP contribution is 2.30. The Kier molecular flexibility index (Phi) is 3.83. The van der Waals surface area contributed by atoms with Crippen molar-refractivity contribution in [1.82, 2.24) is 9.55 Å². The van der Waals surface area contributed by atoms with Gasteiger partial charge < -0.3 is 0 Å². The molecule has 3 aromatic rings. The molecule has 0 aliphatic heterocycles. The summed E-state index contributed by atoms with van der Waals surface area (Å²) in [6.07, 6.45) is 0.375. The largest absolute Gasteiger partial charge is 0.292 e. The van der Waals surface area contributed by atoms with Gasteiger partial charge in [-0.05, 0) is 24.3 Å². The average Bonchev–Trinajstić information content (AvgIpc) is 2.80. The molecule has 0 saturated carbocycles. The topological polar surface area (TPSA) is 17.8 Å². The zero-order valence-electron chi connectivity index (χ0n) is 10.8. The van der Waals surface area contributed by atoms with E-state index in [0.717, 1.165) is 0 Å². The zero-order valence-corrected chi connectivity index (χ0v) is 12.3. The van der Waals surface area contributed by atoms with Gasteiger partial charge in [0, 0.05) is 12.3 Å². The molecule has 21 heavy (non-hydrogen) atoms. The molecule has 0 saturated heterocycles. The number of rotatable bonds is 3. The van der Waals surface area contributed by atoms with Gasteiger partial charge in [0.25, 0.3) is 0 Å². The summed E-state index contributed by atoms with van der Waals surface area (Å²) in [5, 5.41) is 0.231. The molecule has 1 aromatic heterocycles. The van der Waals surface area contributed by atoms with Crippen LogP contribution in [0, 0.1) is 11.6 Å². The van der Waals surface area contributed by atoms with E-state index < -0.39 is 11.6 Å². The number of benzene rings is 2. The molecule has 6 heteroatoms. The minimum absolute atomic E-state index is 0.160. The SMILES string of the molecule is Fc1cccc(Cl)c1-n1c(CCCl)nc2c(F)cccc21. The molecule has 0 amide bonds. The number of para-hydroxylation sites is 2. The molecule has 1 heterocycles. The van der Waals surface area contributed by atoms with Gasteiger partial charge in [0.1, 0.15) is 22.8 Å². The Morgan fingerprint density at radius 3 is 2.48 bits per heavy atom. The minimum atomic E-state index is -0.498. The van der Waals surface area contributed by atoms with E-state index in [1.54, 1.807) is 18.2 Å². The van der Waals surface area contributed by atoms with Crippen molar-refractivity contribution >= 4 is 34.2 Å². The number of nitrogens with zero attached hydrogens (tertiary/aromatic N) is 2. The summed E-state index contributed by atoms with van der Waals surface area (Å²) in [4.78, 5) is 4.24. The molecule has 0 spiro atoms. The predicted octanol–water partition coefficient (Wildman–Crippen LogP) is 4.74. The lowest BCUT2D eigenvalue weighted by Crippen LogP contribution is -2.05. The first-order valence-corrected chi connectivity index (χ1v) is 7.21. The molecule has 108 valence electrons. The van der Waals surface area contributed by atoms with Gasteiger partial charge in [0.05, 0.1) is 10.5 Å². The van der Waals surface area contributed by atoms with Crippen molar-refractivity contribution in [1.29, 1.82) is 0 Å². The lowest BCUT2D eigenvalue weighted by atomic mass is 10.2. The number of aryl methyl sites for hydroxylation is 1. The van der Waals surface area contributed by atoms with Crippen LogP contribution in [0.3, 0.4) is 0 Å². The third-order valence-corrected chi connectivity index (χ3v) is 3.68. The van der Waals surface area contributed by atoms with Gasteiger partial charge in [-0.1, -0.05) is 23.7 Å². The maximum atomic E-state index is 14.2. The van der Waals surface area contributed by atoms with Crippen LogP contribution in [-0.2, 0) is 6.42 Å². The van der Waals surface area contributed by atoms with Gasteiger partial charge in [0.15, 0.2) is 5.82 Å². The highest BCUT2D eigenvalue weighted by atomic mass is 35.5. The molecule has 0 fully saturated rings. The Morgan fingerprint density at radius 1 is 1.05 bits per heavy atom. The lowest BCUT2D eigenvalue weighted by molar-refractivity contribution is 0.617. The van der Waals surface area contributed by atoms with E-state index in [9.17, 15) is 8.78 Å². The second-order valence-corrected chi connectivity index (χ2v) is 5.27. The van der Waals surface area contributed by atoms with Crippen molar-refractivity contribution in [3.63, 3.8) is 0 Å². The number of alkyl halides is 1. The van der Waals surface area contributed by atoms with E-state index in [1.807, 2.05) is 0 Å². The second-order valence-electron chi connectivity index (χ2n) is 4.48. The Labute approximate surface area is 129 Å². The van der Waals surface area contributed by atoms with Crippen molar-refractivity contribution in [3.8, 4) is 5.69 Å². The number of hydrogen-bond acceptors (Lipinski definition) is 1. The maximum Gasteiger partial charge on any atom is 0.151 e. The second kappa shape index (κ2) is 5.62.